The molecule has 0 spiro atoms. The quantitative estimate of drug-likeness (QED) is 0.884. The predicted molar refractivity (Wildman–Crippen MR) is 80.0 cm³/mol. The van der Waals surface area contributed by atoms with Gasteiger partial charge in [0.1, 0.15) is 11.9 Å². The van der Waals surface area contributed by atoms with Crippen LogP contribution < -0.4 is 11.1 Å². The van der Waals surface area contributed by atoms with E-state index in [0.717, 1.165) is 5.56 Å². The third-order valence-corrected chi connectivity index (χ3v) is 3.38. The minimum Gasteiger partial charge on any atom is -0.328 e. The number of amides is 1. The number of hydrogen-bond donors (Lipinski definition) is 2. The van der Waals surface area contributed by atoms with Crippen molar-refractivity contribution in [3.63, 3.8) is 0 Å². The summed E-state index contributed by atoms with van der Waals surface area (Å²) < 4.78 is 14.0. The first-order valence-corrected chi connectivity index (χ1v) is 6.63. The number of carbonyl (C=O) groups is 1. The van der Waals surface area contributed by atoms with Crippen molar-refractivity contribution in [2.24, 2.45) is 10.7 Å². The first kappa shape index (κ1) is 13.5. The summed E-state index contributed by atoms with van der Waals surface area (Å²) in [7, 11) is 0. The van der Waals surface area contributed by atoms with Gasteiger partial charge in [-0.25, -0.2) is 4.39 Å². The monoisotopic (exact) mass is 283 g/mol. The average Bonchev–Trinajstić information content (AvgIpc) is 2.65. The fourth-order valence-electron chi connectivity index (χ4n) is 2.32. The van der Waals surface area contributed by atoms with E-state index < -0.39 is 17.8 Å². The third kappa shape index (κ3) is 2.43. The number of anilines is 1. The van der Waals surface area contributed by atoms with Gasteiger partial charge < -0.3 is 11.1 Å². The van der Waals surface area contributed by atoms with E-state index in [2.05, 4.69) is 10.3 Å². The molecule has 1 atom stereocenters. The van der Waals surface area contributed by atoms with Crippen LogP contribution in [0.4, 0.5) is 10.1 Å². The molecule has 0 radical (unpaired) electrons. The zero-order valence-corrected chi connectivity index (χ0v) is 11.2. The van der Waals surface area contributed by atoms with Gasteiger partial charge in [-0.2, -0.15) is 0 Å². The van der Waals surface area contributed by atoms with Crippen molar-refractivity contribution in [1.82, 2.24) is 0 Å². The maximum absolute atomic E-state index is 14.0. The number of nitrogens with two attached hydrogens (primary N) is 1. The highest BCUT2D eigenvalue weighted by molar-refractivity contribution is 6.19. The Morgan fingerprint density at radius 1 is 1.14 bits per heavy atom. The van der Waals surface area contributed by atoms with E-state index in [1.807, 2.05) is 30.3 Å². The zero-order chi connectivity index (χ0) is 14.8. The standard InChI is InChI=1S/C16H14FN3O/c17-12-8-4-7-11-14(10-5-2-1-3-6-10)19-13(9-18)16(21)20-15(11)12/h1-8,13H,9,18H2,(H,20,21). The number of fused-ring (bicyclic) bond motifs is 1. The molecule has 0 saturated carbocycles. The molecule has 4 nitrogen and oxygen atoms in total. The molecule has 1 aliphatic heterocycles. The van der Waals surface area contributed by atoms with Crippen molar-refractivity contribution in [3.8, 4) is 0 Å². The predicted octanol–water partition coefficient (Wildman–Crippen LogP) is 1.94. The van der Waals surface area contributed by atoms with Gasteiger partial charge in [-0.15, -0.1) is 0 Å². The van der Waals surface area contributed by atoms with Crippen LogP contribution in [0.1, 0.15) is 11.1 Å². The molecule has 1 amide bonds. The van der Waals surface area contributed by atoms with Gasteiger partial charge in [0.25, 0.3) is 5.91 Å². The summed E-state index contributed by atoms with van der Waals surface area (Å²) >= 11 is 0. The summed E-state index contributed by atoms with van der Waals surface area (Å²) in [6, 6.07) is 13.3. The van der Waals surface area contributed by atoms with E-state index in [1.54, 1.807) is 12.1 Å². The molecule has 0 aromatic heterocycles. The second-order valence-electron chi connectivity index (χ2n) is 4.75. The summed E-state index contributed by atoms with van der Waals surface area (Å²) in [6.07, 6.45) is 0. The molecule has 0 fully saturated rings. The van der Waals surface area contributed by atoms with Gasteiger partial charge in [0.05, 0.1) is 11.4 Å². The lowest BCUT2D eigenvalue weighted by atomic mass is 10.0. The van der Waals surface area contributed by atoms with Crippen molar-refractivity contribution in [1.29, 1.82) is 0 Å². The number of nitrogens with zero attached hydrogens (tertiary/aromatic N) is 1. The van der Waals surface area contributed by atoms with Gasteiger partial charge in [0.15, 0.2) is 0 Å². The maximum Gasteiger partial charge on any atom is 0.250 e. The molecule has 0 saturated heterocycles. The van der Waals surface area contributed by atoms with E-state index in [-0.39, 0.29) is 12.2 Å². The van der Waals surface area contributed by atoms with E-state index >= 15 is 0 Å². The smallest absolute Gasteiger partial charge is 0.250 e. The summed E-state index contributed by atoms with van der Waals surface area (Å²) in [5.74, 6) is -0.878. The van der Waals surface area contributed by atoms with Gasteiger partial charge in [0.2, 0.25) is 0 Å². The lowest BCUT2D eigenvalue weighted by Gasteiger charge is -2.10. The van der Waals surface area contributed by atoms with E-state index in [1.165, 1.54) is 6.07 Å². The molecule has 0 aliphatic carbocycles. The Hall–Kier alpha value is -2.53. The molecule has 1 heterocycles. The summed E-state index contributed by atoms with van der Waals surface area (Å²) in [6.45, 7) is 0.0672. The van der Waals surface area contributed by atoms with Crippen molar-refractivity contribution < 1.29 is 9.18 Å². The zero-order valence-electron chi connectivity index (χ0n) is 11.2. The Morgan fingerprint density at radius 3 is 2.62 bits per heavy atom. The number of benzene rings is 2. The van der Waals surface area contributed by atoms with Gasteiger partial charge in [-0.05, 0) is 6.07 Å². The number of para-hydroxylation sites is 1. The molecule has 0 bridgehead atoms. The van der Waals surface area contributed by atoms with Crippen LogP contribution in [0, 0.1) is 5.82 Å². The van der Waals surface area contributed by atoms with Crippen molar-refractivity contribution >= 4 is 17.3 Å². The molecule has 2 aromatic rings. The fraction of sp³-hybridized carbons (Fsp3) is 0.125. The molecule has 1 aliphatic rings. The van der Waals surface area contributed by atoms with Crippen molar-refractivity contribution in [3.05, 3.63) is 65.5 Å². The van der Waals surface area contributed by atoms with Gasteiger partial charge in [0, 0.05) is 17.7 Å². The number of nitrogens with one attached hydrogen (secondary N) is 1. The van der Waals surface area contributed by atoms with Crippen LogP contribution in [-0.4, -0.2) is 24.2 Å². The van der Waals surface area contributed by atoms with Crippen LogP contribution in [0.25, 0.3) is 0 Å². The molecule has 106 valence electrons. The van der Waals surface area contributed by atoms with Gasteiger partial charge >= 0.3 is 0 Å². The number of hydrogen-bond acceptors (Lipinski definition) is 3. The molecule has 2 aromatic carbocycles. The minimum atomic E-state index is -0.730. The Balaban J connectivity index is 2.24. The van der Waals surface area contributed by atoms with E-state index in [4.69, 9.17) is 5.73 Å². The molecule has 21 heavy (non-hydrogen) atoms. The van der Waals surface area contributed by atoms with Crippen molar-refractivity contribution in [2.45, 2.75) is 6.04 Å². The molecular weight excluding hydrogens is 269 g/mol. The van der Waals surface area contributed by atoms with Gasteiger partial charge in [-0.1, -0.05) is 42.5 Å². The minimum absolute atomic E-state index is 0.0672. The Morgan fingerprint density at radius 2 is 1.90 bits per heavy atom. The molecule has 3 rings (SSSR count). The molecule has 3 N–H and O–H groups in total. The van der Waals surface area contributed by atoms with Crippen LogP contribution in [0.5, 0.6) is 0 Å². The second kappa shape index (κ2) is 5.46. The van der Waals surface area contributed by atoms with Gasteiger partial charge in [-0.3, -0.25) is 9.79 Å². The van der Waals surface area contributed by atoms with Crippen LogP contribution in [-0.2, 0) is 4.79 Å². The highest BCUT2D eigenvalue weighted by Gasteiger charge is 2.26. The molecular formula is C16H14FN3O. The molecule has 1 unspecified atom stereocenters. The maximum atomic E-state index is 14.0. The average molecular weight is 283 g/mol. The lowest BCUT2D eigenvalue weighted by Crippen LogP contribution is -2.32. The number of carbonyl (C=O) groups excluding carboxylic acids is 1. The molecule has 5 heteroatoms. The number of halogens is 1. The largest absolute Gasteiger partial charge is 0.328 e. The highest BCUT2D eigenvalue weighted by Crippen LogP contribution is 2.26. The van der Waals surface area contributed by atoms with Crippen LogP contribution in [0.3, 0.4) is 0 Å². The number of benzodiazepines with no additional fused rings is 1. The summed E-state index contributed by atoms with van der Waals surface area (Å²) in [5, 5.41) is 2.58. The first-order valence-electron chi connectivity index (χ1n) is 6.63. The summed E-state index contributed by atoms with van der Waals surface area (Å²) in [5.41, 5.74) is 7.72. The fourth-order valence-corrected chi connectivity index (χ4v) is 2.32. The van der Waals surface area contributed by atoms with E-state index in [0.29, 0.717) is 11.3 Å². The Labute approximate surface area is 121 Å². The van der Waals surface area contributed by atoms with Crippen molar-refractivity contribution in [2.75, 3.05) is 11.9 Å². The topological polar surface area (TPSA) is 67.5 Å². The number of rotatable bonds is 2. The van der Waals surface area contributed by atoms with Crippen LogP contribution in [0.2, 0.25) is 0 Å². The third-order valence-electron chi connectivity index (χ3n) is 3.38. The first-order chi connectivity index (χ1) is 10.2. The Bertz CT molecular complexity index is 713. The van der Waals surface area contributed by atoms with E-state index in [9.17, 15) is 9.18 Å². The van der Waals surface area contributed by atoms with Crippen LogP contribution in [0.15, 0.2) is 53.5 Å². The number of aliphatic imine (C=N–C) groups is 1. The lowest BCUT2D eigenvalue weighted by molar-refractivity contribution is -0.117. The van der Waals surface area contributed by atoms with Crippen LogP contribution >= 0.6 is 0 Å². The normalized spacial score (nSPS) is 17.5. The SMILES string of the molecule is NCC1N=C(c2ccccc2)c2cccc(F)c2NC1=O. The highest BCUT2D eigenvalue weighted by atomic mass is 19.1. The Kier molecular flexibility index (Phi) is 3.50. The summed E-state index contributed by atoms with van der Waals surface area (Å²) in [4.78, 5) is 16.5. The second-order valence-corrected chi connectivity index (χ2v) is 4.75.